The third kappa shape index (κ3) is 4.23. The van der Waals surface area contributed by atoms with E-state index in [4.69, 9.17) is 0 Å². The third-order valence-corrected chi connectivity index (χ3v) is 3.33. The zero-order valence-electron chi connectivity index (χ0n) is 10.9. The fraction of sp³-hybridized carbons (Fsp3) is 0.500. The number of hydrogen-bond donors (Lipinski definition) is 2. The van der Waals surface area contributed by atoms with Crippen molar-refractivity contribution >= 4 is 5.91 Å². The third-order valence-electron chi connectivity index (χ3n) is 3.33. The second kappa shape index (κ2) is 6.26. The Bertz CT molecular complexity index is 447. The second-order valence-corrected chi connectivity index (χ2v) is 4.94. The topological polar surface area (TPSA) is 41.1 Å². The van der Waals surface area contributed by atoms with Crippen molar-refractivity contribution in [1.82, 2.24) is 10.6 Å². The summed E-state index contributed by atoms with van der Waals surface area (Å²) in [5.41, 5.74) is 0.545. The molecule has 0 aliphatic carbocycles. The predicted molar refractivity (Wildman–Crippen MR) is 69.0 cm³/mol. The summed E-state index contributed by atoms with van der Waals surface area (Å²) in [4.78, 5) is 11.7. The summed E-state index contributed by atoms with van der Waals surface area (Å²) in [6.45, 7) is 0.590. The lowest BCUT2D eigenvalue weighted by Gasteiger charge is -2.29. The van der Waals surface area contributed by atoms with Gasteiger partial charge in [0.05, 0.1) is 12.5 Å². The van der Waals surface area contributed by atoms with Crippen LogP contribution in [0.2, 0.25) is 0 Å². The Morgan fingerprint density at radius 1 is 1.30 bits per heavy atom. The zero-order chi connectivity index (χ0) is 14.6. The van der Waals surface area contributed by atoms with Gasteiger partial charge < -0.3 is 5.32 Å². The molecule has 0 radical (unpaired) electrons. The number of amides is 1. The van der Waals surface area contributed by atoms with Gasteiger partial charge in [-0.3, -0.25) is 10.1 Å². The minimum Gasteiger partial charge on any atom is -0.355 e. The number of halogens is 3. The van der Waals surface area contributed by atoms with Gasteiger partial charge in [-0.2, -0.15) is 13.2 Å². The molecule has 0 aromatic heterocycles. The monoisotopic (exact) mass is 286 g/mol. The molecule has 0 spiro atoms. The van der Waals surface area contributed by atoms with E-state index in [2.05, 4.69) is 10.6 Å². The van der Waals surface area contributed by atoms with Crippen molar-refractivity contribution in [3.8, 4) is 0 Å². The molecule has 0 bridgehead atoms. The summed E-state index contributed by atoms with van der Waals surface area (Å²) in [6.07, 6.45) is -3.93. The Hall–Kier alpha value is -1.56. The highest BCUT2D eigenvalue weighted by atomic mass is 19.4. The second-order valence-electron chi connectivity index (χ2n) is 4.94. The minimum absolute atomic E-state index is 0.223. The molecule has 1 heterocycles. The van der Waals surface area contributed by atoms with Gasteiger partial charge in [-0.15, -0.1) is 0 Å². The van der Waals surface area contributed by atoms with E-state index in [-0.39, 0.29) is 5.91 Å². The number of hydrogen-bond acceptors (Lipinski definition) is 2. The van der Waals surface area contributed by atoms with Crippen LogP contribution in [0, 0.1) is 0 Å². The molecule has 1 aromatic rings. The molecule has 3 nitrogen and oxygen atoms in total. The average Bonchev–Trinajstić information content (AvgIpc) is 2.40. The molecular weight excluding hydrogens is 269 g/mol. The van der Waals surface area contributed by atoms with E-state index in [0.29, 0.717) is 18.5 Å². The first kappa shape index (κ1) is 14.8. The van der Waals surface area contributed by atoms with Crippen molar-refractivity contribution in [2.24, 2.45) is 0 Å². The number of rotatable bonds is 4. The first-order valence-electron chi connectivity index (χ1n) is 6.61. The Kier molecular flexibility index (Phi) is 4.65. The summed E-state index contributed by atoms with van der Waals surface area (Å²) in [6, 6.07) is 6.97. The molecule has 6 heteroatoms. The molecule has 1 fully saturated rings. The van der Waals surface area contributed by atoms with Crippen LogP contribution in [0.1, 0.15) is 30.9 Å². The zero-order valence-corrected chi connectivity index (χ0v) is 10.9. The predicted octanol–water partition coefficient (Wildman–Crippen LogP) is 2.55. The summed E-state index contributed by atoms with van der Waals surface area (Å²) in [5, 5.41) is 5.52. The lowest BCUT2D eigenvalue weighted by atomic mass is 9.99. The van der Waals surface area contributed by atoms with Crippen LogP contribution in [0.15, 0.2) is 30.3 Å². The van der Waals surface area contributed by atoms with Crippen LogP contribution in [0.25, 0.3) is 0 Å². The van der Waals surface area contributed by atoms with Gasteiger partial charge in [-0.25, -0.2) is 0 Å². The van der Waals surface area contributed by atoms with Crippen LogP contribution in [0.5, 0.6) is 0 Å². The van der Waals surface area contributed by atoms with E-state index in [1.807, 2.05) is 0 Å². The normalized spacial score (nSPS) is 21.4. The van der Waals surface area contributed by atoms with Gasteiger partial charge in [-0.1, -0.05) is 30.3 Å². The summed E-state index contributed by atoms with van der Waals surface area (Å²) in [5.74, 6) is -0.223. The van der Waals surface area contributed by atoms with Crippen LogP contribution in [-0.4, -0.2) is 24.7 Å². The summed E-state index contributed by atoms with van der Waals surface area (Å²) in [7, 11) is 0. The lowest BCUT2D eigenvalue weighted by Crippen LogP contribution is -2.49. The van der Waals surface area contributed by atoms with Gasteiger partial charge in [0.15, 0.2) is 0 Å². The molecule has 1 aromatic carbocycles. The van der Waals surface area contributed by atoms with Gasteiger partial charge in [0.25, 0.3) is 0 Å². The van der Waals surface area contributed by atoms with Gasteiger partial charge in [0.2, 0.25) is 5.91 Å². The van der Waals surface area contributed by atoms with Crippen LogP contribution >= 0.6 is 0 Å². The maximum absolute atomic E-state index is 12.7. The molecule has 1 amide bonds. The molecule has 0 saturated carbocycles. The Labute approximate surface area is 115 Å². The van der Waals surface area contributed by atoms with Crippen molar-refractivity contribution < 1.29 is 18.0 Å². The van der Waals surface area contributed by atoms with Crippen molar-refractivity contribution in [2.75, 3.05) is 6.54 Å². The Morgan fingerprint density at radius 2 is 2.00 bits per heavy atom. The maximum atomic E-state index is 12.7. The smallest absolute Gasteiger partial charge is 0.355 e. The molecule has 1 aliphatic heterocycles. The maximum Gasteiger partial charge on any atom is 0.390 e. The summed E-state index contributed by atoms with van der Waals surface area (Å²) >= 11 is 0. The number of benzene rings is 1. The molecule has 2 unspecified atom stereocenters. The van der Waals surface area contributed by atoms with Gasteiger partial charge in [-0.05, 0) is 18.4 Å². The first-order chi connectivity index (χ1) is 9.46. The number of carbonyl (C=O) groups excluding carboxylic acids is 1. The molecular formula is C14H17F3N2O. The molecule has 1 aliphatic rings. The van der Waals surface area contributed by atoms with Crippen LogP contribution in [-0.2, 0) is 4.79 Å². The number of nitrogens with one attached hydrogen (secondary N) is 2. The molecule has 2 rings (SSSR count). The fourth-order valence-corrected chi connectivity index (χ4v) is 2.36. The van der Waals surface area contributed by atoms with Crippen LogP contribution in [0.4, 0.5) is 13.2 Å². The highest BCUT2D eigenvalue weighted by Crippen LogP contribution is 2.30. The van der Waals surface area contributed by atoms with Crippen molar-refractivity contribution in [3.05, 3.63) is 35.9 Å². The highest BCUT2D eigenvalue weighted by Gasteiger charge is 2.35. The minimum atomic E-state index is -4.28. The van der Waals surface area contributed by atoms with Crippen molar-refractivity contribution in [3.63, 3.8) is 0 Å². The van der Waals surface area contributed by atoms with E-state index in [9.17, 15) is 18.0 Å². The standard InChI is InChI=1S/C14H17F3N2O/c15-14(16,17)9-12(10-5-2-1-3-6-10)19-11-7-4-8-18-13(11)20/h1-3,5-6,11-12,19H,4,7-9H2,(H,18,20). The highest BCUT2D eigenvalue weighted by molar-refractivity contribution is 5.82. The number of carbonyl (C=O) groups is 1. The van der Waals surface area contributed by atoms with E-state index in [1.54, 1.807) is 30.3 Å². The van der Waals surface area contributed by atoms with E-state index in [1.165, 1.54) is 0 Å². The molecule has 20 heavy (non-hydrogen) atoms. The SMILES string of the molecule is O=C1NCCCC1NC(CC(F)(F)F)c1ccccc1. The molecule has 110 valence electrons. The number of piperidine rings is 1. The van der Waals surface area contributed by atoms with E-state index >= 15 is 0 Å². The van der Waals surface area contributed by atoms with Crippen molar-refractivity contribution in [2.45, 2.75) is 37.5 Å². The first-order valence-corrected chi connectivity index (χ1v) is 6.61. The molecule has 1 saturated heterocycles. The lowest BCUT2D eigenvalue weighted by molar-refractivity contribution is -0.142. The Balaban J connectivity index is 2.12. The summed E-state index contributed by atoms with van der Waals surface area (Å²) < 4.78 is 38.1. The van der Waals surface area contributed by atoms with E-state index < -0.39 is 24.7 Å². The van der Waals surface area contributed by atoms with Gasteiger partial charge in [0.1, 0.15) is 0 Å². The Morgan fingerprint density at radius 3 is 2.60 bits per heavy atom. The van der Waals surface area contributed by atoms with Gasteiger partial charge >= 0.3 is 6.18 Å². The number of alkyl halides is 3. The largest absolute Gasteiger partial charge is 0.390 e. The van der Waals surface area contributed by atoms with E-state index in [0.717, 1.165) is 6.42 Å². The molecule has 2 N–H and O–H groups in total. The average molecular weight is 286 g/mol. The molecule has 2 atom stereocenters. The van der Waals surface area contributed by atoms with Gasteiger partial charge in [0, 0.05) is 12.6 Å². The quantitative estimate of drug-likeness (QED) is 0.893. The van der Waals surface area contributed by atoms with Crippen molar-refractivity contribution in [1.29, 1.82) is 0 Å². The fourth-order valence-electron chi connectivity index (χ4n) is 2.36. The van der Waals surface area contributed by atoms with Crippen LogP contribution < -0.4 is 10.6 Å². The van der Waals surface area contributed by atoms with Crippen LogP contribution in [0.3, 0.4) is 0 Å².